The Balaban J connectivity index is 2.08. The highest BCUT2D eigenvalue weighted by Gasteiger charge is 2.31. The number of anilines is 1. The molecule has 112 valence electrons. The lowest BCUT2D eigenvalue weighted by Crippen LogP contribution is -2.20. The van der Waals surface area contributed by atoms with E-state index in [9.17, 15) is 18.0 Å². The molecule has 1 amide bonds. The topological polar surface area (TPSA) is 20.3 Å². The van der Waals surface area contributed by atoms with E-state index in [0.29, 0.717) is 11.1 Å². The first kappa shape index (κ1) is 14.4. The van der Waals surface area contributed by atoms with Crippen molar-refractivity contribution in [2.24, 2.45) is 0 Å². The van der Waals surface area contributed by atoms with E-state index >= 15 is 0 Å². The predicted octanol–water partition coefficient (Wildman–Crippen LogP) is 4.22. The molecule has 0 bridgehead atoms. The number of hydrogen-bond donors (Lipinski definition) is 0. The zero-order valence-electron chi connectivity index (χ0n) is 11.7. The van der Waals surface area contributed by atoms with Gasteiger partial charge < -0.3 is 4.90 Å². The molecule has 0 unspecified atom stereocenters. The number of nitrogens with zero attached hydrogens (tertiary/aromatic N) is 1. The largest absolute Gasteiger partial charge is 0.416 e. The summed E-state index contributed by atoms with van der Waals surface area (Å²) in [5, 5.41) is 0. The van der Waals surface area contributed by atoms with Crippen LogP contribution in [0.15, 0.2) is 48.5 Å². The fourth-order valence-corrected chi connectivity index (χ4v) is 2.51. The van der Waals surface area contributed by atoms with Crippen LogP contribution in [-0.4, -0.2) is 13.0 Å². The molecule has 0 saturated carbocycles. The summed E-state index contributed by atoms with van der Waals surface area (Å²) < 4.78 is 38.3. The zero-order valence-corrected chi connectivity index (χ0v) is 11.7. The van der Waals surface area contributed by atoms with Crippen molar-refractivity contribution in [3.63, 3.8) is 0 Å². The Morgan fingerprint density at radius 1 is 1.05 bits per heavy atom. The summed E-state index contributed by atoms with van der Waals surface area (Å²) in [6.07, 6.45) is -2.90. The molecule has 2 nitrogen and oxygen atoms in total. The van der Waals surface area contributed by atoms with Gasteiger partial charge in [0.15, 0.2) is 0 Å². The molecule has 1 aliphatic heterocycles. The molecular weight excluding hydrogens is 291 g/mol. The van der Waals surface area contributed by atoms with Crippen LogP contribution in [0, 0.1) is 0 Å². The van der Waals surface area contributed by atoms with Gasteiger partial charge >= 0.3 is 6.18 Å². The molecule has 0 aliphatic carbocycles. The van der Waals surface area contributed by atoms with E-state index in [4.69, 9.17) is 0 Å². The van der Waals surface area contributed by atoms with Crippen LogP contribution >= 0.6 is 0 Å². The number of carbonyl (C=O) groups excluding carboxylic acids is 1. The smallest absolute Gasteiger partial charge is 0.311 e. The molecule has 2 aromatic carbocycles. The molecule has 0 atom stereocenters. The molecular formula is C17H12F3NO. The number of halogens is 3. The second-order valence-electron chi connectivity index (χ2n) is 5.06. The number of carbonyl (C=O) groups is 1. The van der Waals surface area contributed by atoms with Gasteiger partial charge in [0.05, 0.1) is 11.3 Å². The lowest BCUT2D eigenvalue weighted by molar-refractivity contribution is -0.137. The molecule has 0 spiro atoms. The van der Waals surface area contributed by atoms with Crippen molar-refractivity contribution in [3.05, 3.63) is 65.2 Å². The van der Waals surface area contributed by atoms with E-state index in [1.54, 1.807) is 31.3 Å². The van der Waals surface area contributed by atoms with Gasteiger partial charge in [-0.1, -0.05) is 30.3 Å². The highest BCUT2D eigenvalue weighted by molar-refractivity contribution is 6.35. The Labute approximate surface area is 125 Å². The molecule has 22 heavy (non-hydrogen) atoms. The minimum Gasteiger partial charge on any atom is -0.311 e. The van der Waals surface area contributed by atoms with E-state index in [2.05, 4.69) is 0 Å². The second kappa shape index (κ2) is 5.02. The van der Waals surface area contributed by atoms with Crippen molar-refractivity contribution in [1.82, 2.24) is 0 Å². The van der Waals surface area contributed by atoms with Gasteiger partial charge in [-0.2, -0.15) is 13.2 Å². The highest BCUT2D eigenvalue weighted by atomic mass is 19.4. The van der Waals surface area contributed by atoms with Crippen molar-refractivity contribution in [3.8, 4) is 0 Å². The molecule has 1 aliphatic rings. The lowest BCUT2D eigenvalue weighted by Gasteiger charge is -2.08. The van der Waals surface area contributed by atoms with Crippen LogP contribution in [0.1, 0.15) is 16.7 Å². The summed E-state index contributed by atoms with van der Waals surface area (Å²) >= 11 is 0. The molecule has 0 fully saturated rings. The quantitative estimate of drug-likeness (QED) is 0.722. The average molecular weight is 303 g/mol. The maximum Gasteiger partial charge on any atom is 0.416 e. The van der Waals surface area contributed by atoms with E-state index < -0.39 is 11.7 Å². The third kappa shape index (κ3) is 2.39. The number of benzene rings is 2. The van der Waals surface area contributed by atoms with Gasteiger partial charge in [0.1, 0.15) is 0 Å². The van der Waals surface area contributed by atoms with Gasteiger partial charge in [0, 0.05) is 18.2 Å². The number of likely N-dealkylation sites (N-methyl/N-ethyl adjacent to an activating group) is 1. The number of amides is 1. The summed E-state index contributed by atoms with van der Waals surface area (Å²) in [5.41, 5.74) is 1.51. The van der Waals surface area contributed by atoms with Crippen molar-refractivity contribution < 1.29 is 18.0 Å². The van der Waals surface area contributed by atoms with Crippen molar-refractivity contribution in [1.29, 1.82) is 0 Å². The van der Waals surface area contributed by atoms with Gasteiger partial charge in [0.25, 0.3) is 5.91 Å². The number of hydrogen-bond acceptors (Lipinski definition) is 1. The van der Waals surface area contributed by atoms with Crippen LogP contribution in [-0.2, 0) is 11.0 Å². The molecule has 2 aromatic rings. The monoisotopic (exact) mass is 303 g/mol. The van der Waals surface area contributed by atoms with E-state index in [0.717, 1.165) is 23.4 Å². The van der Waals surface area contributed by atoms with E-state index in [1.807, 2.05) is 6.07 Å². The number of para-hydroxylation sites is 1. The second-order valence-corrected chi connectivity index (χ2v) is 5.06. The summed E-state index contributed by atoms with van der Waals surface area (Å²) in [6, 6.07) is 12.2. The van der Waals surface area contributed by atoms with Crippen molar-refractivity contribution in [2.75, 3.05) is 11.9 Å². The van der Waals surface area contributed by atoms with Crippen LogP contribution in [0.5, 0.6) is 0 Å². The van der Waals surface area contributed by atoms with Crippen molar-refractivity contribution in [2.45, 2.75) is 6.18 Å². The molecule has 3 rings (SSSR count). The maximum atomic E-state index is 12.8. The van der Waals surface area contributed by atoms with Gasteiger partial charge in [-0.15, -0.1) is 0 Å². The Morgan fingerprint density at radius 3 is 2.50 bits per heavy atom. The van der Waals surface area contributed by atoms with Crippen LogP contribution in [0.2, 0.25) is 0 Å². The van der Waals surface area contributed by atoms with Gasteiger partial charge in [0.2, 0.25) is 0 Å². The standard InChI is InChI=1S/C17H12F3NO/c1-21-15-8-3-2-7-13(15)14(16(21)22)10-11-5-4-6-12(9-11)17(18,19)20/h2-10H,1H3/b14-10+. The Bertz CT molecular complexity index is 777. The molecule has 0 aromatic heterocycles. The fourth-order valence-electron chi connectivity index (χ4n) is 2.51. The minimum atomic E-state index is -4.40. The van der Waals surface area contributed by atoms with E-state index in [-0.39, 0.29) is 5.91 Å². The predicted molar refractivity (Wildman–Crippen MR) is 79.2 cm³/mol. The van der Waals surface area contributed by atoms with Gasteiger partial charge in [-0.25, -0.2) is 0 Å². The van der Waals surface area contributed by atoms with Crippen LogP contribution in [0.4, 0.5) is 18.9 Å². The molecule has 0 radical (unpaired) electrons. The molecule has 5 heteroatoms. The van der Waals surface area contributed by atoms with Crippen molar-refractivity contribution >= 4 is 23.2 Å². The summed E-state index contributed by atoms with van der Waals surface area (Å²) in [4.78, 5) is 13.8. The number of alkyl halides is 3. The highest BCUT2D eigenvalue weighted by Crippen LogP contribution is 2.37. The van der Waals surface area contributed by atoms with E-state index in [1.165, 1.54) is 17.0 Å². The summed E-state index contributed by atoms with van der Waals surface area (Å²) in [6.45, 7) is 0. The number of rotatable bonds is 1. The van der Waals surface area contributed by atoms with Crippen LogP contribution < -0.4 is 4.90 Å². The first-order chi connectivity index (χ1) is 10.4. The lowest BCUT2D eigenvalue weighted by atomic mass is 10.0. The normalized spacial score (nSPS) is 16.3. The summed E-state index contributed by atoms with van der Waals surface area (Å²) in [5.74, 6) is -0.224. The Morgan fingerprint density at radius 2 is 1.77 bits per heavy atom. The average Bonchev–Trinajstić information content (AvgIpc) is 2.72. The van der Waals surface area contributed by atoms with Crippen LogP contribution in [0.3, 0.4) is 0 Å². The first-order valence-electron chi connectivity index (χ1n) is 6.64. The third-order valence-electron chi connectivity index (χ3n) is 3.62. The minimum absolute atomic E-state index is 0.224. The zero-order chi connectivity index (χ0) is 15.9. The fraction of sp³-hybridized carbons (Fsp3) is 0.118. The molecule has 1 heterocycles. The van der Waals surface area contributed by atoms with Gasteiger partial charge in [-0.3, -0.25) is 4.79 Å². The number of fused-ring (bicyclic) bond motifs is 1. The Kier molecular flexibility index (Phi) is 3.28. The molecule has 0 saturated heterocycles. The summed E-state index contributed by atoms with van der Waals surface area (Å²) in [7, 11) is 1.65. The first-order valence-corrected chi connectivity index (χ1v) is 6.64. The third-order valence-corrected chi connectivity index (χ3v) is 3.62. The maximum absolute atomic E-state index is 12.8. The van der Waals surface area contributed by atoms with Crippen LogP contribution in [0.25, 0.3) is 11.6 Å². The SMILES string of the molecule is CN1C(=O)/C(=C/c2cccc(C(F)(F)F)c2)c2ccccc21. The molecule has 0 N–H and O–H groups in total. The Hall–Kier alpha value is -2.56. The van der Waals surface area contributed by atoms with Gasteiger partial charge in [-0.05, 0) is 29.8 Å².